The number of benzene rings is 1. The van der Waals surface area contributed by atoms with Crippen LogP contribution >= 0.6 is 11.6 Å². The first kappa shape index (κ1) is 12.5. The summed E-state index contributed by atoms with van der Waals surface area (Å²) in [5.41, 5.74) is 0.697. The molecule has 1 unspecified atom stereocenters. The van der Waals surface area contributed by atoms with Gasteiger partial charge in [0.1, 0.15) is 5.38 Å². The van der Waals surface area contributed by atoms with Crippen LogP contribution in [0.5, 0.6) is 0 Å². The molecule has 0 aromatic heterocycles. The Balaban J connectivity index is 2.95. The van der Waals surface area contributed by atoms with E-state index >= 15 is 0 Å². The monoisotopic (exact) mass is 241 g/mol. The van der Waals surface area contributed by atoms with Crippen LogP contribution in [0.2, 0.25) is 0 Å². The Labute approximate surface area is 98.5 Å². The molecular weight excluding hydrogens is 230 g/mol. The highest BCUT2D eigenvalue weighted by atomic mass is 35.5. The fourth-order valence-corrected chi connectivity index (χ4v) is 1.17. The minimum absolute atomic E-state index is 0.302. The number of hydrogen-bond donors (Lipinski definition) is 1. The molecule has 1 rings (SSSR count). The Hall–Kier alpha value is -1.55. The van der Waals surface area contributed by atoms with Gasteiger partial charge in [-0.2, -0.15) is 0 Å². The lowest BCUT2D eigenvalue weighted by molar-refractivity contribution is -0.115. The van der Waals surface area contributed by atoms with Gasteiger partial charge in [-0.15, -0.1) is 11.6 Å². The fraction of sp³-hybridized carbons (Fsp3) is 0.273. The fourth-order valence-electron chi connectivity index (χ4n) is 1.11. The van der Waals surface area contributed by atoms with Gasteiger partial charge in [-0.05, 0) is 19.1 Å². The number of para-hydroxylation sites is 1. The Morgan fingerprint density at radius 1 is 1.38 bits per heavy atom. The lowest BCUT2D eigenvalue weighted by atomic mass is 10.2. The van der Waals surface area contributed by atoms with Crippen molar-refractivity contribution >= 4 is 29.2 Å². The molecular formula is C11H12ClNO3. The number of carbonyl (C=O) groups is 2. The van der Waals surface area contributed by atoms with Crippen molar-refractivity contribution in [3.8, 4) is 0 Å². The molecule has 5 heteroatoms. The van der Waals surface area contributed by atoms with Crippen LogP contribution in [0.1, 0.15) is 17.3 Å². The molecule has 0 aliphatic rings. The molecule has 0 spiro atoms. The van der Waals surface area contributed by atoms with Crippen molar-refractivity contribution in [1.82, 2.24) is 0 Å². The number of rotatable bonds is 3. The molecule has 1 atom stereocenters. The van der Waals surface area contributed by atoms with E-state index in [2.05, 4.69) is 10.1 Å². The molecule has 1 aromatic rings. The van der Waals surface area contributed by atoms with Crippen LogP contribution in [0.3, 0.4) is 0 Å². The summed E-state index contributed by atoms with van der Waals surface area (Å²) in [5, 5.41) is 1.89. The predicted octanol–water partition coefficient (Wildman–Crippen LogP) is 2.04. The van der Waals surface area contributed by atoms with E-state index < -0.39 is 11.3 Å². The van der Waals surface area contributed by atoms with Crippen LogP contribution in [-0.2, 0) is 9.53 Å². The molecule has 0 radical (unpaired) electrons. The zero-order valence-corrected chi connectivity index (χ0v) is 9.75. The van der Waals surface area contributed by atoms with Crippen molar-refractivity contribution in [1.29, 1.82) is 0 Å². The number of anilines is 1. The van der Waals surface area contributed by atoms with E-state index in [4.69, 9.17) is 11.6 Å². The topological polar surface area (TPSA) is 55.4 Å². The van der Waals surface area contributed by atoms with Crippen molar-refractivity contribution in [2.45, 2.75) is 12.3 Å². The van der Waals surface area contributed by atoms with Crippen LogP contribution in [0.15, 0.2) is 24.3 Å². The van der Waals surface area contributed by atoms with Gasteiger partial charge in [0.2, 0.25) is 5.91 Å². The number of ether oxygens (including phenoxy) is 1. The van der Waals surface area contributed by atoms with Gasteiger partial charge in [0.25, 0.3) is 0 Å². The first-order valence-corrected chi connectivity index (χ1v) is 5.12. The highest BCUT2D eigenvalue weighted by Gasteiger charge is 2.15. The molecule has 0 aliphatic carbocycles. The van der Waals surface area contributed by atoms with Gasteiger partial charge < -0.3 is 10.1 Å². The van der Waals surface area contributed by atoms with Crippen molar-refractivity contribution in [2.75, 3.05) is 12.4 Å². The first-order valence-electron chi connectivity index (χ1n) is 4.68. The quantitative estimate of drug-likeness (QED) is 0.651. The maximum atomic E-state index is 11.4. The summed E-state index contributed by atoms with van der Waals surface area (Å²) in [6, 6.07) is 6.58. The molecule has 0 aliphatic heterocycles. The summed E-state index contributed by atoms with van der Waals surface area (Å²) >= 11 is 5.62. The number of alkyl halides is 1. The molecule has 0 saturated carbocycles. The lowest BCUT2D eigenvalue weighted by Crippen LogP contribution is -2.21. The number of amides is 1. The van der Waals surface area contributed by atoms with E-state index in [-0.39, 0.29) is 5.91 Å². The van der Waals surface area contributed by atoms with E-state index in [1.165, 1.54) is 7.11 Å². The van der Waals surface area contributed by atoms with Gasteiger partial charge in [-0.1, -0.05) is 12.1 Å². The van der Waals surface area contributed by atoms with Gasteiger partial charge in [-0.3, -0.25) is 4.79 Å². The largest absolute Gasteiger partial charge is 0.465 e. The maximum absolute atomic E-state index is 11.4. The maximum Gasteiger partial charge on any atom is 0.339 e. The van der Waals surface area contributed by atoms with Gasteiger partial charge >= 0.3 is 5.97 Å². The highest BCUT2D eigenvalue weighted by Crippen LogP contribution is 2.16. The first-order chi connectivity index (χ1) is 7.56. The summed E-state index contributed by atoms with van der Waals surface area (Å²) < 4.78 is 4.60. The van der Waals surface area contributed by atoms with Gasteiger partial charge in [0.05, 0.1) is 18.4 Å². The van der Waals surface area contributed by atoms with Crippen molar-refractivity contribution in [3.63, 3.8) is 0 Å². The number of hydrogen-bond acceptors (Lipinski definition) is 3. The van der Waals surface area contributed by atoms with Crippen LogP contribution in [0.4, 0.5) is 5.69 Å². The van der Waals surface area contributed by atoms with Gasteiger partial charge in [-0.25, -0.2) is 4.79 Å². The van der Waals surface area contributed by atoms with Gasteiger partial charge in [0.15, 0.2) is 0 Å². The van der Waals surface area contributed by atoms with Crippen molar-refractivity contribution in [3.05, 3.63) is 29.8 Å². The minimum atomic E-state index is -0.661. The Bertz CT molecular complexity index is 404. The molecule has 4 nitrogen and oxygen atoms in total. The van der Waals surface area contributed by atoms with Crippen LogP contribution in [0, 0.1) is 0 Å². The second-order valence-electron chi connectivity index (χ2n) is 3.14. The second kappa shape index (κ2) is 5.51. The minimum Gasteiger partial charge on any atom is -0.465 e. The second-order valence-corrected chi connectivity index (χ2v) is 3.80. The number of nitrogens with one attached hydrogen (secondary N) is 1. The average molecular weight is 242 g/mol. The van der Waals surface area contributed by atoms with Crippen LogP contribution in [-0.4, -0.2) is 24.4 Å². The molecule has 16 heavy (non-hydrogen) atoms. The normalized spacial score (nSPS) is 11.7. The smallest absolute Gasteiger partial charge is 0.339 e. The summed E-state index contributed by atoms with van der Waals surface area (Å²) in [6.45, 7) is 1.55. The zero-order chi connectivity index (χ0) is 12.1. The summed E-state index contributed by atoms with van der Waals surface area (Å²) in [4.78, 5) is 22.8. The third kappa shape index (κ3) is 2.97. The van der Waals surface area contributed by atoms with E-state index in [0.29, 0.717) is 11.3 Å². The summed E-state index contributed by atoms with van der Waals surface area (Å²) in [7, 11) is 1.28. The third-order valence-electron chi connectivity index (χ3n) is 1.95. The Morgan fingerprint density at radius 2 is 2.00 bits per heavy atom. The zero-order valence-electron chi connectivity index (χ0n) is 8.99. The SMILES string of the molecule is COC(=O)c1ccccc1NC(=O)C(C)Cl. The molecule has 0 saturated heterocycles. The molecule has 0 heterocycles. The molecule has 1 aromatic carbocycles. The molecule has 1 amide bonds. The van der Waals surface area contributed by atoms with Crippen LogP contribution < -0.4 is 5.32 Å². The highest BCUT2D eigenvalue weighted by molar-refractivity contribution is 6.32. The van der Waals surface area contributed by atoms with E-state index in [1.54, 1.807) is 31.2 Å². The molecule has 1 N–H and O–H groups in total. The molecule has 0 bridgehead atoms. The lowest BCUT2D eigenvalue weighted by Gasteiger charge is -2.10. The Morgan fingerprint density at radius 3 is 2.56 bits per heavy atom. The summed E-state index contributed by atoms with van der Waals surface area (Å²) in [5.74, 6) is -0.865. The molecule has 86 valence electrons. The van der Waals surface area contributed by atoms with E-state index in [1.807, 2.05) is 0 Å². The number of carbonyl (C=O) groups excluding carboxylic acids is 2. The number of halogens is 1. The summed E-state index contributed by atoms with van der Waals surface area (Å²) in [6.07, 6.45) is 0. The standard InChI is InChI=1S/C11H12ClNO3/c1-7(12)10(14)13-9-6-4-3-5-8(9)11(15)16-2/h3-7H,1-2H3,(H,13,14). The van der Waals surface area contributed by atoms with E-state index in [0.717, 1.165) is 0 Å². The van der Waals surface area contributed by atoms with E-state index in [9.17, 15) is 9.59 Å². The number of methoxy groups -OCH3 is 1. The third-order valence-corrected chi connectivity index (χ3v) is 2.15. The van der Waals surface area contributed by atoms with Crippen molar-refractivity contribution < 1.29 is 14.3 Å². The van der Waals surface area contributed by atoms with Gasteiger partial charge in [0, 0.05) is 0 Å². The number of esters is 1. The van der Waals surface area contributed by atoms with Crippen LogP contribution in [0.25, 0.3) is 0 Å². The average Bonchev–Trinajstić information content (AvgIpc) is 2.28. The predicted molar refractivity (Wildman–Crippen MR) is 61.7 cm³/mol. The van der Waals surface area contributed by atoms with Crippen molar-refractivity contribution in [2.24, 2.45) is 0 Å². The molecule has 0 fully saturated rings. The Kier molecular flexibility index (Phi) is 4.31.